The Morgan fingerprint density at radius 1 is 1.28 bits per heavy atom. The second kappa shape index (κ2) is 6.73. The Kier molecular flexibility index (Phi) is 5.59. The highest BCUT2D eigenvalue weighted by Gasteiger charge is 2.45. The molecule has 0 aromatic carbocycles. The van der Waals surface area contributed by atoms with Crippen LogP contribution in [0.25, 0.3) is 0 Å². The molecular formula is C13H24N2O3. The van der Waals surface area contributed by atoms with Gasteiger partial charge >= 0.3 is 5.97 Å². The number of hydrogen-bond acceptors (Lipinski definition) is 3. The number of nitrogens with zero attached hydrogens (tertiary/aromatic N) is 1. The maximum atomic E-state index is 12.0. The van der Waals surface area contributed by atoms with Crippen LogP contribution in [0, 0.1) is 0 Å². The number of unbranched alkanes of at least 4 members (excludes halogenated alkanes) is 3. The minimum absolute atomic E-state index is 0.0230. The van der Waals surface area contributed by atoms with E-state index in [1.54, 1.807) is 6.92 Å². The first-order valence-electron chi connectivity index (χ1n) is 6.76. The average Bonchev–Trinajstić information content (AvgIpc) is 2.72. The molecule has 0 radical (unpaired) electrons. The fourth-order valence-electron chi connectivity index (χ4n) is 2.49. The van der Waals surface area contributed by atoms with Crippen LogP contribution in [0.2, 0.25) is 0 Å². The first kappa shape index (κ1) is 15.0. The van der Waals surface area contributed by atoms with Crippen molar-refractivity contribution in [3.8, 4) is 0 Å². The number of rotatable bonds is 7. The van der Waals surface area contributed by atoms with Gasteiger partial charge in [0.25, 0.3) is 0 Å². The van der Waals surface area contributed by atoms with E-state index in [2.05, 4.69) is 0 Å². The van der Waals surface area contributed by atoms with Crippen LogP contribution in [0.5, 0.6) is 0 Å². The molecule has 1 heterocycles. The average molecular weight is 256 g/mol. The van der Waals surface area contributed by atoms with Crippen LogP contribution in [0.4, 0.5) is 0 Å². The summed E-state index contributed by atoms with van der Waals surface area (Å²) in [6, 6.07) is 0. The number of carbonyl (C=O) groups excluding carboxylic acids is 1. The van der Waals surface area contributed by atoms with Crippen LogP contribution >= 0.6 is 0 Å². The highest BCUT2D eigenvalue weighted by Crippen LogP contribution is 2.30. The molecule has 0 aliphatic carbocycles. The van der Waals surface area contributed by atoms with Crippen LogP contribution < -0.4 is 5.73 Å². The second-order valence-electron chi connectivity index (χ2n) is 5.18. The third-order valence-electron chi connectivity index (χ3n) is 3.75. The van der Waals surface area contributed by atoms with Crippen LogP contribution in [0.1, 0.15) is 51.9 Å². The van der Waals surface area contributed by atoms with Crippen LogP contribution in [-0.2, 0) is 9.59 Å². The number of hydrogen-bond donors (Lipinski definition) is 2. The largest absolute Gasteiger partial charge is 0.480 e. The van der Waals surface area contributed by atoms with Gasteiger partial charge in [-0.25, -0.2) is 4.79 Å². The zero-order chi connectivity index (χ0) is 13.6. The molecule has 1 saturated heterocycles. The Hall–Kier alpha value is -1.10. The molecule has 1 rings (SSSR count). The van der Waals surface area contributed by atoms with Crippen LogP contribution in [-0.4, -0.2) is 40.5 Å². The minimum Gasteiger partial charge on any atom is -0.480 e. The Morgan fingerprint density at radius 2 is 1.94 bits per heavy atom. The summed E-state index contributed by atoms with van der Waals surface area (Å²) >= 11 is 0. The Morgan fingerprint density at radius 3 is 2.56 bits per heavy atom. The second-order valence-corrected chi connectivity index (χ2v) is 5.18. The van der Waals surface area contributed by atoms with Crippen molar-refractivity contribution in [2.24, 2.45) is 5.73 Å². The Labute approximate surface area is 108 Å². The van der Waals surface area contributed by atoms with Crippen LogP contribution in [0.15, 0.2) is 0 Å². The number of nitrogens with two attached hydrogens (primary N) is 1. The number of carboxylic acid groups (broad SMARTS) is 1. The molecule has 18 heavy (non-hydrogen) atoms. The highest BCUT2D eigenvalue weighted by molar-refractivity contribution is 5.87. The van der Waals surface area contributed by atoms with Gasteiger partial charge in [-0.2, -0.15) is 0 Å². The quantitative estimate of drug-likeness (QED) is 0.674. The lowest BCUT2D eigenvalue weighted by molar-refractivity contribution is -0.155. The Bertz CT molecular complexity index is 307. The summed E-state index contributed by atoms with van der Waals surface area (Å²) in [5.74, 6) is -0.915. The van der Waals surface area contributed by atoms with E-state index >= 15 is 0 Å². The van der Waals surface area contributed by atoms with E-state index in [0.717, 1.165) is 32.1 Å². The lowest BCUT2D eigenvalue weighted by atomic mass is 9.99. The van der Waals surface area contributed by atoms with Crippen molar-refractivity contribution >= 4 is 11.9 Å². The van der Waals surface area contributed by atoms with E-state index in [-0.39, 0.29) is 5.91 Å². The fraction of sp³-hybridized carbons (Fsp3) is 0.846. The predicted octanol–water partition coefficient (Wildman–Crippen LogP) is 1.36. The third-order valence-corrected chi connectivity index (χ3v) is 3.75. The molecule has 1 aliphatic rings. The van der Waals surface area contributed by atoms with Crippen molar-refractivity contribution in [2.45, 2.75) is 57.4 Å². The first-order valence-corrected chi connectivity index (χ1v) is 6.76. The SMILES string of the molecule is CC1(C(=O)O)CCCN1C(=O)CCCCCCN. The van der Waals surface area contributed by atoms with Gasteiger partial charge in [-0.3, -0.25) is 4.79 Å². The number of carboxylic acids is 1. The molecule has 5 nitrogen and oxygen atoms in total. The predicted molar refractivity (Wildman–Crippen MR) is 69.1 cm³/mol. The molecule has 104 valence electrons. The summed E-state index contributed by atoms with van der Waals surface area (Å²) < 4.78 is 0. The van der Waals surface area contributed by atoms with Gasteiger partial charge in [-0.15, -0.1) is 0 Å². The number of aliphatic carboxylic acids is 1. The van der Waals surface area contributed by atoms with Crippen molar-refractivity contribution in [3.05, 3.63) is 0 Å². The van der Waals surface area contributed by atoms with E-state index in [4.69, 9.17) is 5.73 Å². The molecule has 0 saturated carbocycles. The van der Waals surface area contributed by atoms with E-state index in [1.165, 1.54) is 4.90 Å². The topological polar surface area (TPSA) is 83.6 Å². The molecule has 1 amide bonds. The molecule has 1 aliphatic heterocycles. The molecule has 5 heteroatoms. The number of carbonyl (C=O) groups is 2. The highest BCUT2D eigenvalue weighted by atomic mass is 16.4. The monoisotopic (exact) mass is 256 g/mol. The molecular weight excluding hydrogens is 232 g/mol. The minimum atomic E-state index is -0.992. The van der Waals surface area contributed by atoms with Crippen LogP contribution in [0.3, 0.4) is 0 Å². The van der Waals surface area contributed by atoms with Gasteiger partial charge in [-0.1, -0.05) is 12.8 Å². The molecule has 0 aromatic heterocycles. The van der Waals surface area contributed by atoms with Crippen molar-refractivity contribution in [1.29, 1.82) is 0 Å². The first-order chi connectivity index (χ1) is 8.52. The standard InChI is InChI=1S/C13H24N2O3/c1-13(12(17)18)8-6-10-15(13)11(16)7-4-2-3-5-9-14/h2-10,14H2,1H3,(H,17,18). The van der Waals surface area contributed by atoms with Crippen molar-refractivity contribution in [3.63, 3.8) is 0 Å². The normalized spacial score (nSPS) is 23.3. The van der Waals surface area contributed by atoms with E-state index in [9.17, 15) is 14.7 Å². The molecule has 0 bridgehead atoms. The zero-order valence-electron chi connectivity index (χ0n) is 11.2. The summed E-state index contributed by atoms with van der Waals surface area (Å²) in [5.41, 5.74) is 4.41. The van der Waals surface area contributed by atoms with E-state index < -0.39 is 11.5 Å². The van der Waals surface area contributed by atoms with Crippen molar-refractivity contribution in [1.82, 2.24) is 4.90 Å². The van der Waals surface area contributed by atoms with E-state index in [0.29, 0.717) is 25.9 Å². The van der Waals surface area contributed by atoms with Gasteiger partial charge < -0.3 is 15.7 Å². The molecule has 0 spiro atoms. The maximum absolute atomic E-state index is 12.0. The molecule has 1 atom stereocenters. The van der Waals surface area contributed by atoms with Gasteiger partial charge in [-0.05, 0) is 39.2 Å². The zero-order valence-corrected chi connectivity index (χ0v) is 11.2. The van der Waals surface area contributed by atoms with Crippen molar-refractivity contribution in [2.75, 3.05) is 13.1 Å². The van der Waals surface area contributed by atoms with Gasteiger partial charge in [0.15, 0.2) is 0 Å². The fourth-order valence-corrected chi connectivity index (χ4v) is 2.49. The summed E-state index contributed by atoms with van der Waals surface area (Å²) in [6.45, 7) is 2.91. The van der Waals surface area contributed by atoms with Gasteiger partial charge in [0, 0.05) is 13.0 Å². The van der Waals surface area contributed by atoms with Gasteiger partial charge in [0.05, 0.1) is 0 Å². The molecule has 1 fully saturated rings. The van der Waals surface area contributed by atoms with E-state index in [1.807, 2.05) is 0 Å². The maximum Gasteiger partial charge on any atom is 0.329 e. The lowest BCUT2D eigenvalue weighted by Crippen LogP contribution is -2.50. The molecule has 3 N–H and O–H groups in total. The van der Waals surface area contributed by atoms with Gasteiger partial charge in [0.1, 0.15) is 5.54 Å². The van der Waals surface area contributed by atoms with Gasteiger partial charge in [0.2, 0.25) is 5.91 Å². The Balaban J connectivity index is 2.39. The number of amides is 1. The lowest BCUT2D eigenvalue weighted by Gasteiger charge is -2.31. The summed E-state index contributed by atoms with van der Waals surface area (Å²) in [6.07, 6.45) is 5.63. The summed E-state index contributed by atoms with van der Waals surface area (Å²) in [4.78, 5) is 24.8. The third kappa shape index (κ3) is 3.45. The van der Waals surface area contributed by atoms with Crippen molar-refractivity contribution < 1.29 is 14.7 Å². The smallest absolute Gasteiger partial charge is 0.329 e. The molecule has 0 aromatic rings. The summed E-state index contributed by atoms with van der Waals surface area (Å²) in [5, 5.41) is 9.23. The summed E-state index contributed by atoms with van der Waals surface area (Å²) in [7, 11) is 0. The number of likely N-dealkylation sites (tertiary alicyclic amines) is 1. The molecule has 1 unspecified atom stereocenters.